The maximum atomic E-state index is 11.7. The Kier molecular flexibility index (Phi) is 3.77. The van der Waals surface area contributed by atoms with E-state index in [0.717, 1.165) is 5.69 Å². The molecule has 5 nitrogen and oxygen atoms in total. The summed E-state index contributed by atoms with van der Waals surface area (Å²) in [4.78, 5) is 11.7. The number of hydrogen-bond donors (Lipinski definition) is 0. The molecule has 3 rings (SSSR count). The summed E-state index contributed by atoms with van der Waals surface area (Å²) in [6, 6.07) is 10.2. The molecule has 0 aliphatic carbocycles. The summed E-state index contributed by atoms with van der Waals surface area (Å²) >= 11 is 11.9. The van der Waals surface area contributed by atoms with E-state index in [0.29, 0.717) is 22.3 Å². The van der Waals surface area contributed by atoms with E-state index in [1.165, 1.54) is 6.07 Å². The zero-order chi connectivity index (χ0) is 14.8. The van der Waals surface area contributed by atoms with Crippen molar-refractivity contribution in [2.45, 2.75) is 6.54 Å². The van der Waals surface area contributed by atoms with Crippen LogP contribution in [0, 0.1) is 0 Å². The monoisotopic (exact) mass is 320 g/mol. The highest BCUT2D eigenvalue weighted by atomic mass is 35.5. The molecule has 0 fully saturated rings. The molecule has 2 heterocycles. The van der Waals surface area contributed by atoms with Gasteiger partial charge in [0.1, 0.15) is 5.69 Å². The minimum absolute atomic E-state index is 0.0819. The zero-order valence-electron chi connectivity index (χ0n) is 10.8. The molecule has 0 spiro atoms. The fourth-order valence-corrected chi connectivity index (χ4v) is 2.18. The maximum absolute atomic E-state index is 11.7. The lowest BCUT2D eigenvalue weighted by molar-refractivity contribution is 0.730. The first-order valence-corrected chi connectivity index (χ1v) is 6.91. The van der Waals surface area contributed by atoms with Crippen LogP contribution in [0.5, 0.6) is 0 Å². The van der Waals surface area contributed by atoms with Gasteiger partial charge in [-0.25, -0.2) is 4.68 Å². The third kappa shape index (κ3) is 2.99. The lowest BCUT2D eigenvalue weighted by Gasteiger charge is -2.02. The second-order valence-corrected chi connectivity index (χ2v) is 5.23. The molecule has 0 saturated carbocycles. The number of benzene rings is 1. The third-order valence-corrected chi connectivity index (χ3v) is 3.68. The molecule has 0 unspecified atom stereocenters. The Morgan fingerprint density at radius 1 is 1.10 bits per heavy atom. The maximum Gasteiger partial charge on any atom is 0.250 e. The number of aromatic nitrogens is 4. The first-order chi connectivity index (χ1) is 10.1. The SMILES string of the molecule is O=c1ccccn1Cc1cn(-c2ccc(Cl)c(Cl)c2)nn1. The molecule has 7 heteroatoms. The Balaban J connectivity index is 1.88. The molecule has 0 radical (unpaired) electrons. The molecule has 0 aliphatic heterocycles. The lowest BCUT2D eigenvalue weighted by atomic mass is 10.3. The molecular formula is C14H10Cl2N4O. The standard InChI is InChI=1S/C14H10Cl2N4O/c15-12-5-4-11(7-13(12)16)20-9-10(17-18-20)8-19-6-2-1-3-14(19)21/h1-7,9H,8H2. The van der Waals surface area contributed by atoms with E-state index < -0.39 is 0 Å². The van der Waals surface area contributed by atoms with Crippen LogP contribution >= 0.6 is 23.2 Å². The molecule has 0 amide bonds. The van der Waals surface area contributed by atoms with Gasteiger partial charge in [0.25, 0.3) is 5.56 Å². The Labute approximate surface area is 130 Å². The fraction of sp³-hybridized carbons (Fsp3) is 0.0714. The summed E-state index contributed by atoms with van der Waals surface area (Å²) < 4.78 is 3.15. The molecule has 2 aromatic heterocycles. The summed E-state index contributed by atoms with van der Waals surface area (Å²) in [5.41, 5.74) is 1.35. The highest BCUT2D eigenvalue weighted by Gasteiger charge is 2.06. The Morgan fingerprint density at radius 3 is 2.71 bits per heavy atom. The summed E-state index contributed by atoms with van der Waals surface area (Å²) in [5, 5.41) is 9.02. The van der Waals surface area contributed by atoms with E-state index in [-0.39, 0.29) is 5.56 Å². The van der Waals surface area contributed by atoms with Gasteiger partial charge in [0, 0.05) is 12.3 Å². The number of nitrogens with zero attached hydrogens (tertiary/aromatic N) is 4. The van der Waals surface area contributed by atoms with Crippen molar-refractivity contribution < 1.29 is 0 Å². The predicted molar refractivity (Wildman–Crippen MR) is 81.2 cm³/mol. The van der Waals surface area contributed by atoms with Gasteiger partial charge in [-0.1, -0.05) is 34.5 Å². The molecule has 21 heavy (non-hydrogen) atoms. The first-order valence-electron chi connectivity index (χ1n) is 6.15. The van der Waals surface area contributed by atoms with E-state index >= 15 is 0 Å². The number of rotatable bonds is 3. The van der Waals surface area contributed by atoms with Crippen molar-refractivity contribution in [3.8, 4) is 5.69 Å². The minimum atomic E-state index is -0.0819. The lowest BCUT2D eigenvalue weighted by Crippen LogP contribution is -2.18. The van der Waals surface area contributed by atoms with Crippen LogP contribution in [-0.4, -0.2) is 19.6 Å². The van der Waals surface area contributed by atoms with Gasteiger partial charge >= 0.3 is 0 Å². The quantitative estimate of drug-likeness (QED) is 0.745. The van der Waals surface area contributed by atoms with Gasteiger partial charge in [-0.05, 0) is 24.3 Å². The molecule has 1 aromatic carbocycles. The zero-order valence-corrected chi connectivity index (χ0v) is 12.3. The molecule has 0 aliphatic rings. The van der Waals surface area contributed by atoms with Gasteiger partial charge in [-0.15, -0.1) is 5.10 Å². The van der Waals surface area contributed by atoms with E-state index in [4.69, 9.17) is 23.2 Å². The molecule has 0 N–H and O–H groups in total. The van der Waals surface area contributed by atoms with Crippen LogP contribution in [0.2, 0.25) is 10.0 Å². The van der Waals surface area contributed by atoms with Crippen LogP contribution < -0.4 is 5.56 Å². The van der Waals surface area contributed by atoms with Crippen LogP contribution in [0.25, 0.3) is 5.69 Å². The van der Waals surface area contributed by atoms with Crippen molar-refractivity contribution in [3.63, 3.8) is 0 Å². The largest absolute Gasteiger partial charge is 0.309 e. The second kappa shape index (κ2) is 5.71. The summed E-state index contributed by atoms with van der Waals surface area (Å²) in [6.07, 6.45) is 3.46. The number of pyridine rings is 1. The van der Waals surface area contributed by atoms with E-state index in [2.05, 4.69) is 10.3 Å². The highest BCUT2D eigenvalue weighted by Crippen LogP contribution is 2.24. The molecule has 0 atom stereocenters. The minimum Gasteiger partial charge on any atom is -0.309 e. The van der Waals surface area contributed by atoms with Gasteiger partial charge in [-0.2, -0.15) is 0 Å². The fourth-order valence-electron chi connectivity index (χ4n) is 1.89. The molecule has 0 bridgehead atoms. The van der Waals surface area contributed by atoms with Crippen molar-refractivity contribution in [2.24, 2.45) is 0 Å². The van der Waals surface area contributed by atoms with Crippen LogP contribution in [0.4, 0.5) is 0 Å². The Hall–Kier alpha value is -2.11. The average Bonchev–Trinajstić information content (AvgIpc) is 2.93. The topological polar surface area (TPSA) is 52.7 Å². The van der Waals surface area contributed by atoms with Crippen LogP contribution in [-0.2, 0) is 6.54 Å². The summed E-state index contributed by atoms with van der Waals surface area (Å²) in [7, 11) is 0. The van der Waals surface area contributed by atoms with Gasteiger partial charge < -0.3 is 4.57 Å². The first kappa shape index (κ1) is 13.9. The number of halogens is 2. The molecule has 3 aromatic rings. The van der Waals surface area contributed by atoms with Gasteiger partial charge in [0.15, 0.2) is 0 Å². The molecular weight excluding hydrogens is 311 g/mol. The predicted octanol–water partition coefficient (Wildman–Crippen LogP) is 2.78. The van der Waals surface area contributed by atoms with Gasteiger partial charge in [0.2, 0.25) is 0 Å². The van der Waals surface area contributed by atoms with Crippen molar-refractivity contribution in [2.75, 3.05) is 0 Å². The highest BCUT2D eigenvalue weighted by molar-refractivity contribution is 6.42. The van der Waals surface area contributed by atoms with Crippen molar-refractivity contribution in [1.82, 2.24) is 19.6 Å². The molecule has 0 saturated heterocycles. The summed E-state index contributed by atoms with van der Waals surface area (Å²) in [5.74, 6) is 0. The van der Waals surface area contributed by atoms with Crippen molar-refractivity contribution in [3.05, 3.63) is 74.9 Å². The van der Waals surface area contributed by atoms with Crippen molar-refractivity contribution in [1.29, 1.82) is 0 Å². The second-order valence-electron chi connectivity index (χ2n) is 4.42. The number of hydrogen-bond acceptors (Lipinski definition) is 3. The Bertz CT molecular complexity index is 841. The van der Waals surface area contributed by atoms with Gasteiger partial charge in [-0.3, -0.25) is 4.79 Å². The smallest absolute Gasteiger partial charge is 0.250 e. The van der Waals surface area contributed by atoms with E-state index in [1.54, 1.807) is 52.0 Å². The van der Waals surface area contributed by atoms with Crippen LogP contribution in [0.3, 0.4) is 0 Å². The average molecular weight is 321 g/mol. The van der Waals surface area contributed by atoms with Crippen LogP contribution in [0.15, 0.2) is 53.6 Å². The summed E-state index contributed by atoms with van der Waals surface area (Å²) in [6.45, 7) is 0.362. The normalized spacial score (nSPS) is 10.8. The van der Waals surface area contributed by atoms with E-state index in [1.807, 2.05) is 0 Å². The third-order valence-electron chi connectivity index (χ3n) is 2.94. The van der Waals surface area contributed by atoms with Crippen molar-refractivity contribution >= 4 is 23.2 Å². The van der Waals surface area contributed by atoms with Crippen LogP contribution in [0.1, 0.15) is 5.69 Å². The molecule has 106 valence electrons. The van der Waals surface area contributed by atoms with E-state index in [9.17, 15) is 4.79 Å². The van der Waals surface area contributed by atoms with Gasteiger partial charge in [0.05, 0.1) is 28.5 Å². The Morgan fingerprint density at radius 2 is 1.95 bits per heavy atom.